The predicted octanol–water partition coefficient (Wildman–Crippen LogP) is 5.09. The number of aromatic amines is 2. The number of halogens is 1. The van der Waals surface area contributed by atoms with Crippen molar-refractivity contribution in [2.24, 2.45) is 0 Å². The van der Waals surface area contributed by atoms with Crippen LogP contribution in [0.2, 0.25) is 0 Å². The first-order chi connectivity index (χ1) is 16.7. The van der Waals surface area contributed by atoms with Crippen LogP contribution in [-0.4, -0.2) is 39.6 Å². The lowest BCUT2D eigenvalue weighted by Crippen LogP contribution is -2.32. The minimum atomic E-state index is -0.623. The number of hydrogen-bond acceptors (Lipinski definition) is 4. The van der Waals surface area contributed by atoms with Gasteiger partial charge in [-0.05, 0) is 48.4 Å². The van der Waals surface area contributed by atoms with Gasteiger partial charge >= 0.3 is 0 Å². The zero-order valence-electron chi connectivity index (χ0n) is 18.3. The summed E-state index contributed by atoms with van der Waals surface area (Å²) >= 11 is 0. The van der Waals surface area contributed by atoms with E-state index < -0.39 is 6.04 Å². The number of aromatic nitrogens is 3. The number of benzene rings is 2. The average molecular weight is 456 g/mol. The van der Waals surface area contributed by atoms with E-state index in [1.54, 1.807) is 48.6 Å². The van der Waals surface area contributed by atoms with Gasteiger partial charge < -0.3 is 19.0 Å². The summed E-state index contributed by atoms with van der Waals surface area (Å²) in [7, 11) is 1.63. The molecule has 0 saturated heterocycles. The first kappa shape index (κ1) is 20.3. The number of fused-ring (bicyclic) bond motifs is 2. The van der Waals surface area contributed by atoms with E-state index in [1.807, 2.05) is 24.4 Å². The van der Waals surface area contributed by atoms with Crippen molar-refractivity contribution in [2.75, 3.05) is 13.7 Å². The van der Waals surface area contributed by atoms with E-state index in [9.17, 15) is 4.79 Å². The number of methoxy groups -OCH3 is 1. The van der Waals surface area contributed by atoms with Crippen LogP contribution in [0.3, 0.4) is 0 Å². The highest BCUT2D eigenvalue weighted by Gasteiger charge is 2.43. The zero-order chi connectivity index (χ0) is 23.2. The van der Waals surface area contributed by atoms with Gasteiger partial charge in [-0.15, -0.1) is 0 Å². The third-order valence-corrected chi connectivity index (χ3v) is 6.42. The maximum Gasteiger partial charge on any atom is 0.275 e. The fourth-order valence-corrected chi connectivity index (χ4v) is 4.78. The standard InChI is InChI=1S/C26H21FN4O3/c1-33-16-8-9-20-18(13-16)15(14-28-20)10-11-31-25(17-5-2-3-6-19(17)27)22-23(21-7-4-12-34-21)29-30-24(22)26(31)32/h2-9,12-14,25,28H,10-11H2,1H3,(H,29,30)/t25-/m0/s1. The third-order valence-electron chi connectivity index (χ3n) is 6.42. The second kappa shape index (κ2) is 7.91. The summed E-state index contributed by atoms with van der Waals surface area (Å²) < 4.78 is 25.9. The normalized spacial score (nSPS) is 15.3. The van der Waals surface area contributed by atoms with E-state index in [0.29, 0.717) is 41.2 Å². The molecule has 0 aliphatic carbocycles. The molecule has 6 rings (SSSR count). The first-order valence-electron chi connectivity index (χ1n) is 11.0. The van der Waals surface area contributed by atoms with Crippen LogP contribution in [0.4, 0.5) is 4.39 Å². The Labute approximate surface area is 194 Å². The van der Waals surface area contributed by atoms with Gasteiger partial charge in [-0.1, -0.05) is 18.2 Å². The Morgan fingerprint density at radius 2 is 2.06 bits per heavy atom. The summed E-state index contributed by atoms with van der Waals surface area (Å²) in [6.07, 6.45) is 4.07. The van der Waals surface area contributed by atoms with Crippen molar-refractivity contribution in [3.8, 4) is 17.2 Å². The number of nitrogens with one attached hydrogen (secondary N) is 2. The molecule has 4 heterocycles. The largest absolute Gasteiger partial charge is 0.497 e. The Hall–Kier alpha value is -4.33. The molecule has 5 aromatic rings. The number of H-pyrrole nitrogens is 2. The molecular formula is C26H21FN4O3. The highest BCUT2D eigenvalue weighted by atomic mass is 19.1. The summed E-state index contributed by atoms with van der Waals surface area (Å²) in [6, 6.07) is 15.3. The van der Waals surface area contributed by atoms with Crippen molar-refractivity contribution in [1.29, 1.82) is 0 Å². The molecule has 1 aliphatic rings. The van der Waals surface area contributed by atoms with Crippen molar-refractivity contribution in [3.05, 3.63) is 95.3 Å². The van der Waals surface area contributed by atoms with Crippen LogP contribution in [0, 0.1) is 5.82 Å². The topological polar surface area (TPSA) is 87.1 Å². The molecule has 0 radical (unpaired) electrons. The maximum absolute atomic E-state index is 15.0. The van der Waals surface area contributed by atoms with Crippen molar-refractivity contribution in [2.45, 2.75) is 12.5 Å². The molecule has 1 amide bonds. The van der Waals surface area contributed by atoms with E-state index in [-0.39, 0.29) is 11.7 Å². The van der Waals surface area contributed by atoms with Crippen LogP contribution < -0.4 is 4.74 Å². The predicted molar refractivity (Wildman–Crippen MR) is 124 cm³/mol. The fourth-order valence-electron chi connectivity index (χ4n) is 4.78. The van der Waals surface area contributed by atoms with E-state index >= 15 is 4.39 Å². The number of rotatable bonds is 6. The molecule has 0 unspecified atom stereocenters. The second-order valence-electron chi connectivity index (χ2n) is 8.24. The van der Waals surface area contributed by atoms with Gasteiger partial charge in [0.1, 0.15) is 17.3 Å². The quantitative estimate of drug-likeness (QED) is 0.373. The Kier molecular flexibility index (Phi) is 4.72. The smallest absolute Gasteiger partial charge is 0.275 e. The molecule has 34 heavy (non-hydrogen) atoms. The minimum Gasteiger partial charge on any atom is -0.497 e. The van der Waals surface area contributed by atoms with E-state index in [0.717, 1.165) is 22.2 Å². The summed E-state index contributed by atoms with van der Waals surface area (Å²) in [6.45, 7) is 0.385. The van der Waals surface area contributed by atoms with Crippen molar-refractivity contribution in [1.82, 2.24) is 20.1 Å². The molecule has 1 aliphatic heterocycles. The molecule has 0 saturated carbocycles. The fraction of sp³-hybridized carbons (Fsp3) is 0.154. The second-order valence-corrected chi connectivity index (χ2v) is 8.24. The molecule has 7 nitrogen and oxygen atoms in total. The van der Waals surface area contributed by atoms with Gasteiger partial charge in [0.05, 0.1) is 19.4 Å². The lowest BCUT2D eigenvalue weighted by molar-refractivity contribution is 0.0744. The van der Waals surface area contributed by atoms with Gasteiger partial charge in [0.25, 0.3) is 5.91 Å². The summed E-state index contributed by atoms with van der Waals surface area (Å²) in [5.74, 6) is 0.697. The van der Waals surface area contributed by atoms with Crippen molar-refractivity contribution < 1.29 is 18.3 Å². The average Bonchev–Trinajstić information content (AvgIpc) is 3.64. The molecular weight excluding hydrogens is 435 g/mol. The van der Waals surface area contributed by atoms with Crippen LogP contribution in [0.5, 0.6) is 5.75 Å². The van der Waals surface area contributed by atoms with Gasteiger partial charge in [-0.3, -0.25) is 9.89 Å². The van der Waals surface area contributed by atoms with Gasteiger partial charge in [0.15, 0.2) is 11.5 Å². The van der Waals surface area contributed by atoms with E-state index in [1.165, 1.54) is 6.07 Å². The van der Waals surface area contributed by atoms with E-state index in [4.69, 9.17) is 9.15 Å². The molecule has 2 aromatic carbocycles. The number of hydrogen-bond donors (Lipinski definition) is 2. The Balaban J connectivity index is 1.40. The number of furan rings is 1. The lowest BCUT2D eigenvalue weighted by Gasteiger charge is -2.26. The monoisotopic (exact) mass is 456 g/mol. The number of amides is 1. The van der Waals surface area contributed by atoms with Crippen LogP contribution >= 0.6 is 0 Å². The highest BCUT2D eigenvalue weighted by Crippen LogP contribution is 2.43. The highest BCUT2D eigenvalue weighted by molar-refractivity contribution is 6.00. The zero-order valence-corrected chi connectivity index (χ0v) is 18.3. The van der Waals surface area contributed by atoms with Crippen molar-refractivity contribution >= 4 is 16.8 Å². The van der Waals surface area contributed by atoms with Crippen molar-refractivity contribution in [3.63, 3.8) is 0 Å². The lowest BCUT2D eigenvalue weighted by atomic mass is 9.97. The van der Waals surface area contributed by atoms with Gasteiger partial charge in [0, 0.05) is 34.8 Å². The molecule has 3 aromatic heterocycles. The maximum atomic E-state index is 15.0. The number of carbonyl (C=O) groups excluding carboxylic acids is 1. The molecule has 1 atom stereocenters. The molecule has 2 N–H and O–H groups in total. The Bertz CT molecular complexity index is 1500. The first-order valence-corrected chi connectivity index (χ1v) is 11.0. The van der Waals surface area contributed by atoms with Gasteiger partial charge in [-0.25, -0.2) is 4.39 Å². The van der Waals surface area contributed by atoms with E-state index in [2.05, 4.69) is 15.2 Å². The summed E-state index contributed by atoms with van der Waals surface area (Å²) in [4.78, 5) is 18.4. The third kappa shape index (κ3) is 3.10. The van der Waals surface area contributed by atoms with Crippen LogP contribution in [0.15, 0.2) is 71.5 Å². The molecule has 0 bridgehead atoms. The number of ether oxygens (including phenoxy) is 1. The van der Waals surface area contributed by atoms with Crippen LogP contribution in [0.1, 0.15) is 33.2 Å². The Morgan fingerprint density at radius 3 is 2.85 bits per heavy atom. The molecule has 0 spiro atoms. The molecule has 8 heteroatoms. The minimum absolute atomic E-state index is 0.241. The number of carbonyl (C=O) groups is 1. The number of nitrogens with zero attached hydrogens (tertiary/aromatic N) is 2. The van der Waals surface area contributed by atoms with Gasteiger partial charge in [-0.2, -0.15) is 5.10 Å². The molecule has 170 valence electrons. The SMILES string of the molecule is COc1ccc2[nH]cc(CCN3C(=O)c4n[nH]c(-c5ccco5)c4[C@@H]3c3ccccc3F)c2c1. The van der Waals surface area contributed by atoms with Gasteiger partial charge in [0.2, 0.25) is 0 Å². The summed E-state index contributed by atoms with van der Waals surface area (Å²) in [5.41, 5.74) is 3.96. The van der Waals surface area contributed by atoms with Crippen LogP contribution in [0.25, 0.3) is 22.4 Å². The Morgan fingerprint density at radius 1 is 1.18 bits per heavy atom. The summed E-state index contributed by atoms with van der Waals surface area (Å²) in [5, 5.41) is 8.24. The van der Waals surface area contributed by atoms with Crippen LogP contribution in [-0.2, 0) is 6.42 Å². The molecule has 0 fully saturated rings.